The van der Waals surface area contributed by atoms with E-state index in [0.717, 1.165) is 22.0 Å². The van der Waals surface area contributed by atoms with Crippen LogP contribution in [-0.4, -0.2) is 33.4 Å². The minimum absolute atomic E-state index is 0.0357. The largest absolute Gasteiger partial charge is 0.342 e. The smallest absolute Gasteiger partial charge is 0.265 e. The molecule has 2 amide bonds. The molecule has 5 nitrogen and oxygen atoms in total. The van der Waals surface area contributed by atoms with E-state index >= 15 is 0 Å². The number of fused-ring (bicyclic) bond motifs is 1. The fourth-order valence-corrected chi connectivity index (χ4v) is 3.90. The highest BCUT2D eigenvalue weighted by Crippen LogP contribution is 2.28. The maximum Gasteiger partial charge on any atom is 0.265 e. The molecule has 0 bridgehead atoms. The fraction of sp³-hybridized carbons (Fsp3) is 0.0952. The lowest BCUT2D eigenvalue weighted by atomic mass is 10.1. The molecular weight excluding hydrogens is 429 g/mol. The fourth-order valence-electron chi connectivity index (χ4n) is 3.26. The van der Waals surface area contributed by atoms with Gasteiger partial charge < -0.3 is 4.57 Å². The van der Waals surface area contributed by atoms with Crippen molar-refractivity contribution >= 4 is 69.3 Å². The first-order chi connectivity index (χ1) is 13.8. The third-order valence-corrected chi connectivity index (χ3v) is 5.74. The van der Waals surface area contributed by atoms with Gasteiger partial charge in [0.05, 0.1) is 0 Å². The first-order valence-corrected chi connectivity index (χ1v) is 9.88. The summed E-state index contributed by atoms with van der Waals surface area (Å²) in [7, 11) is 1.53. The Kier molecular flexibility index (Phi) is 5.17. The zero-order valence-corrected chi connectivity index (χ0v) is 17.6. The molecule has 1 aliphatic rings. The molecule has 4 rings (SSSR count). The Hall–Kier alpha value is -2.67. The van der Waals surface area contributed by atoms with Gasteiger partial charge in [0.1, 0.15) is 5.57 Å². The van der Waals surface area contributed by atoms with Gasteiger partial charge in [0.15, 0.2) is 5.11 Å². The number of amides is 2. The summed E-state index contributed by atoms with van der Waals surface area (Å²) < 4.78 is 2.02. The van der Waals surface area contributed by atoms with Gasteiger partial charge in [-0.05, 0) is 42.1 Å². The lowest BCUT2D eigenvalue weighted by molar-refractivity contribution is -0.128. The molecule has 0 spiro atoms. The number of carbonyl (C=O) groups is 2. The summed E-state index contributed by atoms with van der Waals surface area (Å²) in [5, 5.41) is 4.69. The van der Waals surface area contributed by atoms with Crippen LogP contribution in [0.5, 0.6) is 0 Å². The molecule has 0 radical (unpaired) electrons. The van der Waals surface area contributed by atoms with Gasteiger partial charge in [-0.25, -0.2) is 0 Å². The van der Waals surface area contributed by atoms with E-state index in [9.17, 15) is 9.59 Å². The number of hydrogen-bond acceptors (Lipinski definition) is 3. The number of para-hydroxylation sites is 1. The van der Waals surface area contributed by atoms with Gasteiger partial charge in [0.25, 0.3) is 11.8 Å². The number of hydrogen-bond donors (Lipinski definition) is 1. The van der Waals surface area contributed by atoms with Gasteiger partial charge in [-0.1, -0.05) is 47.5 Å². The molecule has 1 fully saturated rings. The van der Waals surface area contributed by atoms with Crippen LogP contribution in [-0.2, 0) is 16.1 Å². The molecule has 29 heavy (non-hydrogen) atoms. The number of nitrogens with one attached hydrogen (secondary N) is 1. The van der Waals surface area contributed by atoms with Crippen molar-refractivity contribution < 1.29 is 9.59 Å². The van der Waals surface area contributed by atoms with Crippen LogP contribution in [0.25, 0.3) is 17.0 Å². The van der Waals surface area contributed by atoms with Gasteiger partial charge in [0, 0.05) is 46.3 Å². The minimum Gasteiger partial charge on any atom is -0.342 e. The monoisotopic (exact) mass is 443 g/mol. The van der Waals surface area contributed by atoms with Crippen LogP contribution in [0, 0.1) is 0 Å². The number of likely N-dealkylation sites (N-methyl/N-ethyl adjacent to an activating group) is 1. The number of carbonyl (C=O) groups excluding carboxylic acids is 2. The van der Waals surface area contributed by atoms with Crippen LogP contribution < -0.4 is 5.32 Å². The molecule has 1 saturated heterocycles. The molecule has 0 atom stereocenters. The third kappa shape index (κ3) is 3.67. The summed E-state index contributed by atoms with van der Waals surface area (Å²) in [5.74, 6) is -0.938. The summed E-state index contributed by atoms with van der Waals surface area (Å²) in [6.07, 6.45) is 3.49. The van der Waals surface area contributed by atoms with Crippen molar-refractivity contribution in [3.8, 4) is 0 Å². The molecule has 0 unspecified atom stereocenters. The quantitative estimate of drug-likeness (QED) is 0.373. The molecule has 1 aliphatic heterocycles. The predicted octanol–water partition coefficient (Wildman–Crippen LogP) is 4.25. The number of nitrogens with zero attached hydrogens (tertiary/aromatic N) is 2. The van der Waals surface area contributed by atoms with Gasteiger partial charge in [-0.3, -0.25) is 19.8 Å². The molecular formula is C21H15Cl2N3O2S. The van der Waals surface area contributed by atoms with E-state index in [-0.39, 0.29) is 10.7 Å². The Labute approximate surface area is 182 Å². The van der Waals surface area contributed by atoms with Crippen LogP contribution in [0.1, 0.15) is 11.1 Å². The van der Waals surface area contributed by atoms with E-state index in [1.807, 2.05) is 41.1 Å². The molecule has 1 N–H and O–H groups in total. The first-order valence-electron chi connectivity index (χ1n) is 8.72. The lowest BCUT2D eigenvalue weighted by Gasteiger charge is -2.24. The minimum atomic E-state index is -0.504. The SMILES string of the molecule is CN1C(=O)/C(=C\c2cn(Cc3ccc(Cl)cc3Cl)c3ccccc23)C(=O)NC1=S. The molecule has 2 aromatic carbocycles. The van der Waals surface area contributed by atoms with E-state index in [4.69, 9.17) is 35.4 Å². The highest BCUT2D eigenvalue weighted by molar-refractivity contribution is 7.80. The van der Waals surface area contributed by atoms with Crippen LogP contribution in [0.2, 0.25) is 10.0 Å². The van der Waals surface area contributed by atoms with Crippen LogP contribution in [0.3, 0.4) is 0 Å². The highest BCUT2D eigenvalue weighted by atomic mass is 35.5. The van der Waals surface area contributed by atoms with Crippen LogP contribution in [0.15, 0.2) is 54.2 Å². The molecule has 0 aliphatic carbocycles. The average Bonchev–Trinajstić information content (AvgIpc) is 3.03. The Morgan fingerprint density at radius 3 is 2.66 bits per heavy atom. The Bertz CT molecular complexity index is 1220. The third-order valence-electron chi connectivity index (χ3n) is 4.78. The normalized spacial score (nSPS) is 16.0. The highest BCUT2D eigenvalue weighted by Gasteiger charge is 2.31. The number of rotatable bonds is 3. The van der Waals surface area contributed by atoms with Crippen molar-refractivity contribution in [1.29, 1.82) is 0 Å². The maximum absolute atomic E-state index is 12.5. The average molecular weight is 444 g/mol. The van der Waals surface area contributed by atoms with Crippen molar-refractivity contribution in [2.75, 3.05) is 7.05 Å². The Morgan fingerprint density at radius 2 is 1.90 bits per heavy atom. The molecule has 2 heterocycles. The van der Waals surface area contributed by atoms with Crippen LogP contribution >= 0.6 is 35.4 Å². The second-order valence-corrected chi connectivity index (χ2v) is 7.88. The lowest BCUT2D eigenvalue weighted by Crippen LogP contribution is -2.52. The van der Waals surface area contributed by atoms with Gasteiger partial charge in [-0.2, -0.15) is 0 Å². The summed E-state index contributed by atoms with van der Waals surface area (Å²) in [5.41, 5.74) is 2.66. The van der Waals surface area contributed by atoms with Gasteiger partial charge in [0.2, 0.25) is 0 Å². The second kappa shape index (κ2) is 7.63. The van der Waals surface area contributed by atoms with E-state index in [1.54, 1.807) is 18.2 Å². The van der Waals surface area contributed by atoms with Crippen molar-refractivity contribution in [2.45, 2.75) is 6.54 Å². The molecule has 3 aromatic rings. The Balaban J connectivity index is 1.80. The number of benzene rings is 2. The number of thiocarbonyl (C=S) groups is 1. The molecule has 146 valence electrons. The zero-order chi connectivity index (χ0) is 20.7. The van der Waals surface area contributed by atoms with Crippen LogP contribution in [0.4, 0.5) is 0 Å². The van der Waals surface area contributed by atoms with E-state index in [1.165, 1.54) is 11.9 Å². The van der Waals surface area contributed by atoms with Crippen molar-refractivity contribution in [3.63, 3.8) is 0 Å². The summed E-state index contributed by atoms with van der Waals surface area (Å²) in [6, 6.07) is 13.1. The number of aromatic nitrogens is 1. The standard InChI is InChI=1S/C21H15Cl2N3O2S/c1-25-20(28)16(19(27)24-21(25)29)8-13-11-26(18-5-3-2-4-15(13)18)10-12-6-7-14(22)9-17(12)23/h2-9,11H,10H2,1H3,(H,24,27,29)/b16-8-. The van der Waals surface area contributed by atoms with E-state index in [2.05, 4.69) is 5.32 Å². The summed E-state index contributed by atoms with van der Waals surface area (Å²) >= 11 is 17.3. The zero-order valence-electron chi connectivity index (χ0n) is 15.3. The molecule has 0 saturated carbocycles. The Morgan fingerprint density at radius 1 is 1.14 bits per heavy atom. The summed E-state index contributed by atoms with van der Waals surface area (Å²) in [6.45, 7) is 0.518. The van der Waals surface area contributed by atoms with E-state index < -0.39 is 11.8 Å². The number of halogens is 2. The van der Waals surface area contributed by atoms with Crippen molar-refractivity contribution in [2.24, 2.45) is 0 Å². The topological polar surface area (TPSA) is 54.3 Å². The maximum atomic E-state index is 12.5. The van der Waals surface area contributed by atoms with Gasteiger partial charge in [-0.15, -0.1) is 0 Å². The second-order valence-electron chi connectivity index (χ2n) is 6.65. The molecule has 1 aromatic heterocycles. The first kappa shape index (κ1) is 19.6. The van der Waals surface area contributed by atoms with E-state index in [0.29, 0.717) is 16.6 Å². The van der Waals surface area contributed by atoms with Crippen molar-refractivity contribution in [1.82, 2.24) is 14.8 Å². The predicted molar refractivity (Wildman–Crippen MR) is 119 cm³/mol. The summed E-state index contributed by atoms with van der Waals surface area (Å²) in [4.78, 5) is 26.1. The van der Waals surface area contributed by atoms with Gasteiger partial charge >= 0.3 is 0 Å². The van der Waals surface area contributed by atoms with Crippen molar-refractivity contribution in [3.05, 3.63) is 75.4 Å². The molecule has 8 heteroatoms.